The van der Waals surface area contributed by atoms with E-state index in [0.717, 1.165) is 39.0 Å². The number of aromatic nitrogens is 1. The lowest BCUT2D eigenvalue weighted by molar-refractivity contribution is 0.0439. The quantitative estimate of drug-likeness (QED) is 0.835. The molecule has 2 rings (SSSR count). The molecule has 1 aromatic heterocycles. The first-order valence-electron chi connectivity index (χ1n) is 7.36. The van der Waals surface area contributed by atoms with E-state index < -0.39 is 5.97 Å². The molecule has 1 unspecified atom stereocenters. The highest BCUT2D eigenvalue weighted by Gasteiger charge is 2.24. The molecule has 1 fully saturated rings. The number of piperidine rings is 1. The highest BCUT2D eigenvalue weighted by atomic mass is 16.5. The van der Waals surface area contributed by atoms with Crippen LogP contribution in [0.4, 0.5) is 11.5 Å². The van der Waals surface area contributed by atoms with Gasteiger partial charge in [-0.25, -0.2) is 9.78 Å². The van der Waals surface area contributed by atoms with Gasteiger partial charge >= 0.3 is 5.97 Å². The number of rotatable bonds is 5. The maximum atomic E-state index is 11.7. The fourth-order valence-corrected chi connectivity index (χ4v) is 2.55. The maximum absolute atomic E-state index is 11.7. The molecule has 6 heteroatoms. The number of pyridine rings is 1. The zero-order valence-corrected chi connectivity index (χ0v) is 12.7. The van der Waals surface area contributed by atoms with Crippen molar-refractivity contribution in [3.05, 3.63) is 17.8 Å². The Morgan fingerprint density at radius 3 is 3.10 bits per heavy atom. The van der Waals surface area contributed by atoms with E-state index >= 15 is 0 Å². The summed E-state index contributed by atoms with van der Waals surface area (Å²) in [6.45, 7) is 4.49. The number of carbonyl (C=O) groups is 1. The lowest BCUT2D eigenvalue weighted by Gasteiger charge is -2.34. The molecule has 1 aromatic rings. The number of anilines is 2. The lowest BCUT2D eigenvalue weighted by Crippen LogP contribution is -2.40. The van der Waals surface area contributed by atoms with E-state index in [1.807, 2.05) is 0 Å². The molecule has 1 aliphatic heterocycles. The number of carbonyl (C=O) groups excluding carboxylic acids is 1. The molecule has 0 aromatic carbocycles. The van der Waals surface area contributed by atoms with E-state index in [2.05, 4.69) is 16.8 Å². The molecular weight excluding hydrogens is 270 g/mol. The molecule has 2 N–H and O–H groups in total. The average Bonchev–Trinajstić information content (AvgIpc) is 2.52. The van der Waals surface area contributed by atoms with Gasteiger partial charge < -0.3 is 20.1 Å². The first-order chi connectivity index (χ1) is 10.2. The van der Waals surface area contributed by atoms with Crippen molar-refractivity contribution < 1.29 is 14.3 Å². The van der Waals surface area contributed by atoms with Crippen LogP contribution in [0.25, 0.3) is 0 Å². The normalized spacial score (nSPS) is 18.6. The molecule has 0 aliphatic carbocycles. The Labute approximate surface area is 125 Å². The van der Waals surface area contributed by atoms with Crippen LogP contribution in [0.2, 0.25) is 0 Å². The molecule has 0 spiro atoms. The highest BCUT2D eigenvalue weighted by Crippen LogP contribution is 2.27. The van der Waals surface area contributed by atoms with Gasteiger partial charge in [0, 0.05) is 25.9 Å². The van der Waals surface area contributed by atoms with Crippen molar-refractivity contribution >= 4 is 17.5 Å². The SMILES string of the molecule is CCCOC1CCCN(c2nccc(C(=O)OC)c2N)C1. The van der Waals surface area contributed by atoms with Crippen molar-refractivity contribution in [2.24, 2.45) is 0 Å². The van der Waals surface area contributed by atoms with Crippen molar-refractivity contribution in [2.45, 2.75) is 32.3 Å². The molecule has 0 radical (unpaired) electrons. The number of methoxy groups -OCH3 is 1. The molecule has 116 valence electrons. The average molecular weight is 293 g/mol. The van der Waals surface area contributed by atoms with Crippen LogP contribution in [0.15, 0.2) is 12.3 Å². The molecule has 0 amide bonds. The molecule has 1 atom stereocenters. The third-order valence-electron chi connectivity index (χ3n) is 3.61. The van der Waals surface area contributed by atoms with Gasteiger partial charge in [-0.05, 0) is 25.3 Å². The van der Waals surface area contributed by atoms with Gasteiger partial charge in [0.2, 0.25) is 0 Å². The van der Waals surface area contributed by atoms with Gasteiger partial charge in [-0.2, -0.15) is 0 Å². The number of esters is 1. The summed E-state index contributed by atoms with van der Waals surface area (Å²) in [4.78, 5) is 18.1. The van der Waals surface area contributed by atoms with E-state index in [1.165, 1.54) is 7.11 Å². The summed E-state index contributed by atoms with van der Waals surface area (Å²) in [6.07, 6.45) is 4.87. The third-order valence-corrected chi connectivity index (χ3v) is 3.61. The summed E-state index contributed by atoms with van der Waals surface area (Å²) in [6, 6.07) is 1.58. The smallest absolute Gasteiger partial charge is 0.340 e. The zero-order chi connectivity index (χ0) is 15.2. The van der Waals surface area contributed by atoms with Crippen molar-refractivity contribution in [2.75, 3.05) is 37.4 Å². The predicted octanol–water partition coefficient (Wildman–Crippen LogP) is 1.85. The standard InChI is InChI=1S/C15H23N3O3/c1-3-9-21-11-5-4-8-18(10-11)14-13(16)12(6-7-17-14)15(19)20-2/h6-7,11H,3-5,8-10,16H2,1-2H3. The topological polar surface area (TPSA) is 77.7 Å². The Kier molecular flexibility index (Phi) is 5.38. The number of hydrogen-bond acceptors (Lipinski definition) is 6. The number of ether oxygens (including phenoxy) is 2. The number of hydrogen-bond donors (Lipinski definition) is 1. The van der Waals surface area contributed by atoms with Crippen molar-refractivity contribution in [3.63, 3.8) is 0 Å². The van der Waals surface area contributed by atoms with E-state index in [1.54, 1.807) is 12.3 Å². The van der Waals surface area contributed by atoms with Gasteiger partial charge in [-0.1, -0.05) is 6.92 Å². The summed E-state index contributed by atoms with van der Waals surface area (Å²) in [5, 5.41) is 0. The van der Waals surface area contributed by atoms with E-state index in [4.69, 9.17) is 15.2 Å². The van der Waals surface area contributed by atoms with Gasteiger partial charge in [-0.3, -0.25) is 0 Å². The van der Waals surface area contributed by atoms with E-state index in [-0.39, 0.29) is 6.10 Å². The van der Waals surface area contributed by atoms with Crippen LogP contribution < -0.4 is 10.6 Å². The van der Waals surface area contributed by atoms with Gasteiger partial charge in [0.1, 0.15) is 0 Å². The summed E-state index contributed by atoms with van der Waals surface area (Å²) in [7, 11) is 1.34. The Hall–Kier alpha value is -1.82. The summed E-state index contributed by atoms with van der Waals surface area (Å²) < 4.78 is 10.6. The second-order valence-electron chi connectivity index (χ2n) is 5.17. The van der Waals surface area contributed by atoms with Crippen molar-refractivity contribution in [1.29, 1.82) is 0 Å². The fraction of sp³-hybridized carbons (Fsp3) is 0.600. The molecular formula is C15H23N3O3. The van der Waals surface area contributed by atoms with Gasteiger partial charge in [-0.15, -0.1) is 0 Å². The van der Waals surface area contributed by atoms with Crippen LogP contribution >= 0.6 is 0 Å². The van der Waals surface area contributed by atoms with Crippen molar-refractivity contribution in [1.82, 2.24) is 4.98 Å². The second-order valence-corrected chi connectivity index (χ2v) is 5.17. The van der Waals surface area contributed by atoms with Crippen LogP contribution in [0.3, 0.4) is 0 Å². The van der Waals surface area contributed by atoms with Gasteiger partial charge in [0.15, 0.2) is 5.82 Å². The Morgan fingerprint density at radius 2 is 2.38 bits per heavy atom. The van der Waals surface area contributed by atoms with Crippen LogP contribution in [-0.4, -0.2) is 43.9 Å². The van der Waals surface area contributed by atoms with Crippen LogP contribution in [0, 0.1) is 0 Å². The minimum atomic E-state index is -0.438. The first-order valence-corrected chi connectivity index (χ1v) is 7.36. The minimum absolute atomic E-state index is 0.196. The predicted molar refractivity (Wildman–Crippen MR) is 81.5 cm³/mol. The summed E-state index contributed by atoms with van der Waals surface area (Å²) in [5.41, 5.74) is 6.83. The zero-order valence-electron chi connectivity index (χ0n) is 12.7. The maximum Gasteiger partial charge on any atom is 0.340 e. The molecule has 1 saturated heterocycles. The number of nitrogen functional groups attached to an aromatic ring is 1. The number of nitrogens with zero attached hydrogens (tertiary/aromatic N) is 2. The Balaban J connectivity index is 2.15. The molecule has 21 heavy (non-hydrogen) atoms. The molecule has 6 nitrogen and oxygen atoms in total. The summed E-state index contributed by atoms with van der Waals surface area (Å²) >= 11 is 0. The second kappa shape index (κ2) is 7.26. The summed E-state index contributed by atoms with van der Waals surface area (Å²) in [5.74, 6) is 0.203. The Bertz CT molecular complexity index is 493. The van der Waals surface area contributed by atoms with Crippen LogP contribution in [0.5, 0.6) is 0 Å². The molecule has 0 bridgehead atoms. The lowest BCUT2D eigenvalue weighted by atomic mass is 10.1. The third kappa shape index (κ3) is 3.64. The fourth-order valence-electron chi connectivity index (χ4n) is 2.55. The van der Waals surface area contributed by atoms with E-state index in [9.17, 15) is 4.79 Å². The van der Waals surface area contributed by atoms with Crippen LogP contribution in [-0.2, 0) is 9.47 Å². The number of nitrogens with two attached hydrogens (primary N) is 1. The molecule has 1 aliphatic rings. The largest absolute Gasteiger partial charge is 0.465 e. The molecule has 2 heterocycles. The highest BCUT2D eigenvalue weighted by molar-refractivity contribution is 5.97. The van der Waals surface area contributed by atoms with Gasteiger partial charge in [0.25, 0.3) is 0 Å². The van der Waals surface area contributed by atoms with Crippen molar-refractivity contribution in [3.8, 4) is 0 Å². The Morgan fingerprint density at radius 1 is 1.57 bits per heavy atom. The van der Waals surface area contributed by atoms with Gasteiger partial charge in [0.05, 0.1) is 24.5 Å². The monoisotopic (exact) mass is 293 g/mol. The van der Waals surface area contributed by atoms with Crippen LogP contribution in [0.1, 0.15) is 36.5 Å². The minimum Gasteiger partial charge on any atom is -0.465 e. The molecule has 0 saturated carbocycles. The first kappa shape index (κ1) is 15.6. The van der Waals surface area contributed by atoms with E-state index in [0.29, 0.717) is 17.1 Å².